The summed E-state index contributed by atoms with van der Waals surface area (Å²) in [7, 11) is 0. The molecule has 0 bridgehead atoms. The Hall–Kier alpha value is -1.90. The summed E-state index contributed by atoms with van der Waals surface area (Å²) in [6.45, 7) is 6.20. The van der Waals surface area contributed by atoms with Gasteiger partial charge >= 0.3 is 0 Å². The fraction of sp³-hybridized carbons (Fsp3) is 0.286. The smallest absolute Gasteiger partial charge is 0.282 e. The number of hydrogen-bond acceptors (Lipinski definition) is 5. The lowest BCUT2D eigenvalue weighted by Gasteiger charge is -2.14. The largest absolute Gasteiger partial charge is 0.503 e. The molecule has 0 fully saturated rings. The highest BCUT2D eigenvalue weighted by atomic mass is 79.9. The van der Waals surface area contributed by atoms with Crippen LogP contribution in [0.15, 0.2) is 43.1 Å². The van der Waals surface area contributed by atoms with E-state index in [1.807, 2.05) is 26.0 Å². The van der Waals surface area contributed by atoms with Crippen LogP contribution in [-0.4, -0.2) is 27.6 Å². The van der Waals surface area contributed by atoms with Crippen LogP contribution in [0.5, 0.6) is 11.5 Å². The van der Waals surface area contributed by atoms with Crippen molar-refractivity contribution in [2.45, 2.75) is 33.1 Å². The molecule has 0 saturated carbocycles. The van der Waals surface area contributed by atoms with Crippen molar-refractivity contribution in [3.8, 4) is 11.5 Å². The highest BCUT2D eigenvalue weighted by Crippen LogP contribution is 2.41. The number of rotatable bonds is 6. The van der Waals surface area contributed by atoms with E-state index in [-0.39, 0.29) is 28.0 Å². The van der Waals surface area contributed by atoms with Gasteiger partial charge in [-0.2, -0.15) is 9.78 Å². The third kappa shape index (κ3) is 4.40. The molecule has 9 heteroatoms. The van der Waals surface area contributed by atoms with E-state index in [1.165, 1.54) is 10.9 Å². The maximum absolute atomic E-state index is 13.2. The first-order valence-electron chi connectivity index (χ1n) is 9.38. The fourth-order valence-electron chi connectivity index (χ4n) is 2.87. The molecule has 0 saturated heterocycles. The van der Waals surface area contributed by atoms with Crippen molar-refractivity contribution in [1.29, 1.82) is 0 Å². The average molecular weight is 558 g/mol. The number of aromatic hydroxyl groups is 1. The van der Waals surface area contributed by atoms with Gasteiger partial charge in [0.1, 0.15) is 10.8 Å². The van der Waals surface area contributed by atoms with Crippen molar-refractivity contribution < 1.29 is 9.84 Å². The number of halogens is 3. The van der Waals surface area contributed by atoms with Gasteiger partial charge in [0.05, 0.1) is 23.7 Å². The lowest BCUT2D eigenvalue weighted by Crippen LogP contribution is -2.23. The number of phenols is 1. The van der Waals surface area contributed by atoms with Crippen LogP contribution in [0, 0.1) is 0 Å². The Balaban J connectivity index is 2.21. The van der Waals surface area contributed by atoms with Crippen LogP contribution in [0.4, 0.5) is 0 Å². The third-order valence-corrected chi connectivity index (χ3v) is 6.62. The minimum atomic E-state index is -0.265. The highest BCUT2D eigenvalue weighted by Gasteiger charge is 2.17. The quantitative estimate of drug-likeness (QED) is 0.373. The van der Waals surface area contributed by atoms with Crippen molar-refractivity contribution >= 4 is 60.6 Å². The molecule has 2 aromatic carbocycles. The Morgan fingerprint density at radius 3 is 2.73 bits per heavy atom. The summed E-state index contributed by atoms with van der Waals surface area (Å²) in [6.07, 6.45) is 2.30. The molecule has 0 spiro atoms. The zero-order valence-electron chi connectivity index (χ0n) is 16.6. The van der Waals surface area contributed by atoms with E-state index in [0.717, 1.165) is 10.9 Å². The molecule has 30 heavy (non-hydrogen) atoms. The van der Waals surface area contributed by atoms with Crippen LogP contribution < -0.4 is 10.3 Å². The summed E-state index contributed by atoms with van der Waals surface area (Å²) in [6, 6.07) is 7.01. The van der Waals surface area contributed by atoms with Crippen LogP contribution in [0.1, 0.15) is 44.5 Å². The van der Waals surface area contributed by atoms with Crippen molar-refractivity contribution in [1.82, 2.24) is 9.66 Å². The molecule has 1 aromatic heterocycles. The molecule has 6 nitrogen and oxygen atoms in total. The average Bonchev–Trinajstić information content (AvgIpc) is 2.74. The second-order valence-electron chi connectivity index (χ2n) is 6.68. The molecule has 0 radical (unpaired) electrons. The predicted octanol–water partition coefficient (Wildman–Crippen LogP) is 6.07. The lowest BCUT2D eigenvalue weighted by molar-refractivity contribution is 0.318. The van der Waals surface area contributed by atoms with Gasteiger partial charge in [0.2, 0.25) is 0 Å². The van der Waals surface area contributed by atoms with Crippen LogP contribution >= 0.6 is 43.5 Å². The number of benzene rings is 2. The monoisotopic (exact) mass is 555 g/mol. The van der Waals surface area contributed by atoms with E-state index >= 15 is 0 Å². The van der Waals surface area contributed by atoms with E-state index in [2.05, 4.69) is 41.9 Å². The standard InChI is InChI=1S/C21H20Br2ClN3O3/c1-4-11(3)20-26-15-7-6-13(22)9-14(15)21(29)27(20)25-10-12-8-16(30-5-2)19(28)18(24)17(12)23/h6-11,28H,4-5H2,1-3H3/t11-/m1/s1. The molecule has 0 amide bonds. The van der Waals surface area contributed by atoms with Crippen molar-refractivity contribution in [3.05, 3.63) is 60.0 Å². The van der Waals surface area contributed by atoms with E-state index in [0.29, 0.717) is 33.4 Å². The molecule has 1 atom stereocenters. The first-order chi connectivity index (χ1) is 14.3. The summed E-state index contributed by atoms with van der Waals surface area (Å²) in [4.78, 5) is 17.9. The Morgan fingerprint density at radius 1 is 1.33 bits per heavy atom. The molecule has 3 rings (SSSR count). The zero-order valence-corrected chi connectivity index (χ0v) is 20.5. The third-order valence-electron chi connectivity index (χ3n) is 4.67. The summed E-state index contributed by atoms with van der Waals surface area (Å²) in [5.74, 6) is 0.674. The fourth-order valence-corrected chi connectivity index (χ4v) is 3.84. The van der Waals surface area contributed by atoms with Gasteiger partial charge in [0.25, 0.3) is 5.56 Å². The first kappa shape index (κ1) is 22.8. The number of aromatic nitrogens is 2. The van der Waals surface area contributed by atoms with Crippen LogP contribution in [0.3, 0.4) is 0 Å². The Kier molecular flexibility index (Phi) is 7.21. The van der Waals surface area contributed by atoms with Gasteiger partial charge in [-0.05, 0) is 53.5 Å². The summed E-state index contributed by atoms with van der Waals surface area (Å²) in [5.41, 5.74) is 0.911. The normalized spacial score (nSPS) is 12.6. The Morgan fingerprint density at radius 2 is 2.07 bits per heavy atom. The number of ether oxygens (including phenoxy) is 1. The molecule has 3 aromatic rings. The molecular weight excluding hydrogens is 538 g/mol. The van der Waals surface area contributed by atoms with E-state index < -0.39 is 0 Å². The first-order valence-corrected chi connectivity index (χ1v) is 11.3. The van der Waals surface area contributed by atoms with Gasteiger partial charge in [0, 0.05) is 20.4 Å². The van der Waals surface area contributed by atoms with Crippen LogP contribution in [0.25, 0.3) is 10.9 Å². The van der Waals surface area contributed by atoms with Crippen molar-refractivity contribution in [2.24, 2.45) is 5.10 Å². The summed E-state index contributed by atoms with van der Waals surface area (Å²) in [5, 5.41) is 15.2. The van der Waals surface area contributed by atoms with Gasteiger partial charge in [0.15, 0.2) is 11.5 Å². The van der Waals surface area contributed by atoms with Crippen LogP contribution in [-0.2, 0) is 0 Å². The van der Waals surface area contributed by atoms with Gasteiger partial charge in [-0.3, -0.25) is 4.79 Å². The minimum Gasteiger partial charge on any atom is -0.503 e. The maximum Gasteiger partial charge on any atom is 0.282 e. The minimum absolute atomic E-state index is 0.0220. The predicted molar refractivity (Wildman–Crippen MR) is 127 cm³/mol. The van der Waals surface area contributed by atoms with Gasteiger partial charge in [-0.25, -0.2) is 4.98 Å². The molecular formula is C21H20Br2ClN3O3. The molecule has 0 aliphatic rings. The molecule has 158 valence electrons. The second kappa shape index (κ2) is 9.49. The van der Waals surface area contributed by atoms with E-state index in [4.69, 9.17) is 16.3 Å². The Bertz CT molecular complexity index is 1190. The van der Waals surface area contributed by atoms with E-state index in [1.54, 1.807) is 19.1 Å². The molecule has 1 N–H and O–H groups in total. The molecule has 0 unspecified atom stereocenters. The topological polar surface area (TPSA) is 76.7 Å². The molecule has 1 heterocycles. The maximum atomic E-state index is 13.2. The van der Waals surface area contributed by atoms with E-state index in [9.17, 15) is 9.90 Å². The number of fused-ring (bicyclic) bond motifs is 1. The zero-order chi connectivity index (χ0) is 22.0. The second-order valence-corrected chi connectivity index (χ2v) is 8.76. The molecule has 0 aliphatic heterocycles. The Labute approximate surface area is 195 Å². The lowest BCUT2D eigenvalue weighted by atomic mass is 10.1. The van der Waals surface area contributed by atoms with Gasteiger partial charge in [-0.1, -0.05) is 41.4 Å². The van der Waals surface area contributed by atoms with Crippen molar-refractivity contribution in [3.63, 3.8) is 0 Å². The summed E-state index contributed by atoms with van der Waals surface area (Å²) < 4.78 is 7.99. The van der Waals surface area contributed by atoms with Gasteiger partial charge < -0.3 is 9.84 Å². The molecule has 0 aliphatic carbocycles. The highest BCUT2D eigenvalue weighted by molar-refractivity contribution is 9.10. The SMILES string of the molecule is CCOc1cc(C=Nn2c([C@H](C)CC)nc3ccc(Br)cc3c2=O)c(Br)c(Cl)c1O. The van der Waals surface area contributed by atoms with Crippen LogP contribution in [0.2, 0.25) is 5.02 Å². The number of hydrogen-bond donors (Lipinski definition) is 1. The summed E-state index contributed by atoms with van der Waals surface area (Å²) >= 11 is 13.0. The number of nitrogens with zero attached hydrogens (tertiary/aromatic N) is 3. The number of phenolic OH excluding ortho intramolecular Hbond substituents is 1. The van der Waals surface area contributed by atoms with Crippen molar-refractivity contribution in [2.75, 3.05) is 6.61 Å². The van der Waals surface area contributed by atoms with Gasteiger partial charge in [-0.15, -0.1) is 0 Å².